The summed E-state index contributed by atoms with van der Waals surface area (Å²) in [6.45, 7) is 1.95. The van der Waals surface area contributed by atoms with Crippen LogP contribution in [0.3, 0.4) is 0 Å². The minimum Gasteiger partial charge on any atom is -0.394 e. The van der Waals surface area contributed by atoms with Gasteiger partial charge in [-0.05, 0) is 31.4 Å². The van der Waals surface area contributed by atoms with Crippen molar-refractivity contribution in [2.45, 2.75) is 31.3 Å². The van der Waals surface area contributed by atoms with Gasteiger partial charge in [-0.25, -0.2) is 0 Å². The molecular formula is C12H15Cl2NO. The lowest BCUT2D eigenvalue weighted by molar-refractivity contribution is 0.173. The van der Waals surface area contributed by atoms with E-state index in [4.69, 9.17) is 23.2 Å². The molecule has 1 unspecified atom stereocenters. The molecule has 0 heterocycles. The summed E-state index contributed by atoms with van der Waals surface area (Å²) in [5.41, 5.74) is 0.347. The highest BCUT2D eigenvalue weighted by molar-refractivity contribution is 6.42. The van der Waals surface area contributed by atoms with Crippen LogP contribution in [-0.2, 0) is 5.54 Å². The Labute approximate surface area is 106 Å². The summed E-state index contributed by atoms with van der Waals surface area (Å²) < 4.78 is 0. The van der Waals surface area contributed by atoms with Crippen molar-refractivity contribution in [2.75, 3.05) is 6.61 Å². The molecule has 2 nitrogen and oxygen atoms in total. The third-order valence-corrected chi connectivity index (χ3v) is 3.78. The van der Waals surface area contributed by atoms with Crippen molar-refractivity contribution < 1.29 is 5.11 Å². The fourth-order valence-electron chi connectivity index (χ4n) is 1.82. The Balaban J connectivity index is 2.34. The lowest BCUT2D eigenvalue weighted by atomic mass is 9.92. The van der Waals surface area contributed by atoms with E-state index in [-0.39, 0.29) is 6.61 Å². The van der Waals surface area contributed by atoms with Crippen LogP contribution >= 0.6 is 23.2 Å². The first kappa shape index (κ1) is 12.2. The highest BCUT2D eigenvalue weighted by Gasteiger charge is 2.34. The Morgan fingerprint density at radius 2 is 2.12 bits per heavy atom. The molecule has 0 spiro atoms. The molecule has 2 rings (SSSR count). The van der Waals surface area contributed by atoms with Gasteiger partial charge in [0.25, 0.3) is 0 Å². The van der Waals surface area contributed by atoms with Crippen LogP contribution in [0.5, 0.6) is 0 Å². The monoisotopic (exact) mass is 259 g/mol. The standard InChI is InChI=1S/C12H15Cl2NO/c1-12(7-16,15-8-5-6-8)9-3-2-4-10(13)11(9)14/h2-4,8,15-16H,5-7H2,1H3. The Bertz CT molecular complexity index is 393. The molecule has 1 aliphatic rings. The zero-order valence-corrected chi connectivity index (χ0v) is 10.6. The molecule has 0 bridgehead atoms. The summed E-state index contributed by atoms with van der Waals surface area (Å²) in [6.07, 6.45) is 2.32. The second kappa shape index (κ2) is 4.53. The minimum atomic E-state index is -0.511. The molecule has 16 heavy (non-hydrogen) atoms. The van der Waals surface area contributed by atoms with E-state index in [1.54, 1.807) is 6.07 Å². The molecule has 1 aromatic carbocycles. The van der Waals surface area contributed by atoms with E-state index in [2.05, 4.69) is 5.32 Å². The van der Waals surface area contributed by atoms with Crippen LogP contribution in [0.4, 0.5) is 0 Å². The van der Waals surface area contributed by atoms with Crippen molar-refractivity contribution >= 4 is 23.2 Å². The molecule has 4 heteroatoms. The van der Waals surface area contributed by atoms with Gasteiger partial charge < -0.3 is 10.4 Å². The Kier molecular flexibility index (Phi) is 3.45. The van der Waals surface area contributed by atoms with E-state index < -0.39 is 5.54 Å². The SMILES string of the molecule is CC(CO)(NC1CC1)c1cccc(Cl)c1Cl. The molecule has 1 aliphatic carbocycles. The van der Waals surface area contributed by atoms with Crippen molar-refractivity contribution in [3.8, 4) is 0 Å². The minimum absolute atomic E-state index is 0.00353. The zero-order valence-electron chi connectivity index (χ0n) is 9.13. The van der Waals surface area contributed by atoms with Gasteiger partial charge in [-0.15, -0.1) is 0 Å². The lowest BCUT2D eigenvalue weighted by Crippen LogP contribution is -2.44. The molecule has 1 fully saturated rings. The number of hydrogen-bond acceptors (Lipinski definition) is 2. The third kappa shape index (κ3) is 2.35. The summed E-state index contributed by atoms with van der Waals surface area (Å²) in [6, 6.07) is 6.00. The van der Waals surface area contributed by atoms with Gasteiger partial charge in [0.15, 0.2) is 0 Å². The van der Waals surface area contributed by atoms with Crippen molar-refractivity contribution in [1.29, 1.82) is 0 Å². The Morgan fingerprint density at radius 1 is 1.44 bits per heavy atom. The first-order valence-electron chi connectivity index (χ1n) is 5.40. The summed E-state index contributed by atoms with van der Waals surface area (Å²) in [4.78, 5) is 0. The topological polar surface area (TPSA) is 32.3 Å². The fourth-order valence-corrected chi connectivity index (χ4v) is 2.33. The molecule has 0 radical (unpaired) electrons. The van der Waals surface area contributed by atoms with Gasteiger partial charge in [-0.3, -0.25) is 0 Å². The molecule has 0 saturated heterocycles. The highest BCUT2D eigenvalue weighted by atomic mass is 35.5. The third-order valence-electron chi connectivity index (χ3n) is 2.96. The predicted molar refractivity (Wildman–Crippen MR) is 67.1 cm³/mol. The van der Waals surface area contributed by atoms with Gasteiger partial charge >= 0.3 is 0 Å². The van der Waals surface area contributed by atoms with E-state index in [0.717, 1.165) is 18.4 Å². The van der Waals surface area contributed by atoms with Gasteiger partial charge in [-0.1, -0.05) is 35.3 Å². The van der Waals surface area contributed by atoms with Crippen molar-refractivity contribution in [1.82, 2.24) is 5.32 Å². The number of hydrogen-bond donors (Lipinski definition) is 2. The van der Waals surface area contributed by atoms with Gasteiger partial charge in [0, 0.05) is 6.04 Å². The smallest absolute Gasteiger partial charge is 0.0657 e. The number of rotatable bonds is 4. The van der Waals surface area contributed by atoms with Crippen LogP contribution in [0.25, 0.3) is 0 Å². The summed E-state index contributed by atoms with van der Waals surface area (Å²) >= 11 is 12.2. The van der Waals surface area contributed by atoms with E-state index >= 15 is 0 Å². The molecule has 2 N–H and O–H groups in total. The number of nitrogens with one attached hydrogen (secondary N) is 1. The number of halogens is 2. The van der Waals surface area contributed by atoms with Crippen LogP contribution in [0.15, 0.2) is 18.2 Å². The lowest BCUT2D eigenvalue weighted by Gasteiger charge is -2.30. The number of aliphatic hydroxyl groups is 1. The van der Waals surface area contributed by atoms with Gasteiger partial charge in [0.05, 0.1) is 22.2 Å². The number of benzene rings is 1. The average Bonchev–Trinajstić information content (AvgIpc) is 3.05. The first-order chi connectivity index (χ1) is 7.57. The maximum absolute atomic E-state index is 9.57. The molecule has 1 saturated carbocycles. The summed E-state index contributed by atoms with van der Waals surface area (Å²) in [5.74, 6) is 0. The van der Waals surface area contributed by atoms with Crippen LogP contribution in [0.2, 0.25) is 10.0 Å². The van der Waals surface area contributed by atoms with Gasteiger partial charge in [0.2, 0.25) is 0 Å². The fraction of sp³-hybridized carbons (Fsp3) is 0.500. The molecule has 1 aromatic rings. The molecule has 0 aromatic heterocycles. The van der Waals surface area contributed by atoms with E-state index in [1.165, 1.54) is 0 Å². The Hall–Kier alpha value is -0.280. The maximum Gasteiger partial charge on any atom is 0.0657 e. The second-order valence-electron chi connectivity index (χ2n) is 4.51. The van der Waals surface area contributed by atoms with Crippen LogP contribution in [0, 0.1) is 0 Å². The van der Waals surface area contributed by atoms with Crippen LogP contribution in [0.1, 0.15) is 25.3 Å². The van der Waals surface area contributed by atoms with E-state index in [0.29, 0.717) is 16.1 Å². The van der Waals surface area contributed by atoms with E-state index in [9.17, 15) is 5.11 Å². The Morgan fingerprint density at radius 3 is 2.69 bits per heavy atom. The average molecular weight is 260 g/mol. The summed E-state index contributed by atoms with van der Waals surface area (Å²) in [7, 11) is 0. The van der Waals surface area contributed by atoms with Crippen LogP contribution in [-0.4, -0.2) is 17.8 Å². The normalized spacial score (nSPS) is 19.5. The quantitative estimate of drug-likeness (QED) is 0.872. The zero-order chi connectivity index (χ0) is 11.8. The van der Waals surface area contributed by atoms with Crippen molar-refractivity contribution in [2.24, 2.45) is 0 Å². The highest BCUT2D eigenvalue weighted by Crippen LogP contribution is 2.35. The molecule has 1 atom stereocenters. The largest absolute Gasteiger partial charge is 0.394 e. The second-order valence-corrected chi connectivity index (χ2v) is 5.30. The molecule has 0 amide bonds. The molecular weight excluding hydrogens is 245 g/mol. The molecule has 88 valence electrons. The van der Waals surface area contributed by atoms with Gasteiger partial charge in [0.1, 0.15) is 0 Å². The first-order valence-corrected chi connectivity index (χ1v) is 6.15. The van der Waals surface area contributed by atoms with Crippen LogP contribution < -0.4 is 5.32 Å². The molecule has 0 aliphatic heterocycles. The maximum atomic E-state index is 9.57. The van der Waals surface area contributed by atoms with Crippen molar-refractivity contribution in [3.63, 3.8) is 0 Å². The predicted octanol–water partition coefficient (Wildman–Crippen LogP) is 2.95. The number of aliphatic hydroxyl groups excluding tert-OH is 1. The van der Waals surface area contributed by atoms with E-state index in [1.807, 2.05) is 19.1 Å². The summed E-state index contributed by atoms with van der Waals surface area (Å²) in [5, 5.41) is 14.0. The van der Waals surface area contributed by atoms with Gasteiger partial charge in [-0.2, -0.15) is 0 Å². The van der Waals surface area contributed by atoms with Crippen molar-refractivity contribution in [3.05, 3.63) is 33.8 Å².